The van der Waals surface area contributed by atoms with E-state index >= 15 is 0 Å². The van der Waals surface area contributed by atoms with Crippen LogP contribution in [0.5, 0.6) is 0 Å². The van der Waals surface area contributed by atoms with Gasteiger partial charge < -0.3 is 39.5 Å². The molecule has 0 heterocycles. The number of hydrogen-bond acceptors (Lipinski definition) is 16. The van der Waals surface area contributed by atoms with Gasteiger partial charge in [0.2, 0.25) is 11.8 Å². The molecule has 18 nitrogen and oxygen atoms in total. The van der Waals surface area contributed by atoms with Crippen LogP contribution in [0, 0.1) is 49.7 Å². The van der Waals surface area contributed by atoms with Crippen LogP contribution in [0.3, 0.4) is 0 Å². The summed E-state index contributed by atoms with van der Waals surface area (Å²) >= 11 is 0. The molecule has 3 aliphatic carbocycles. The Balaban J connectivity index is -0.000000240. The Morgan fingerprint density at radius 3 is 1.00 bits per heavy atom. The molecule has 702 valence electrons. The molecule has 18 heteroatoms. The van der Waals surface area contributed by atoms with Crippen LogP contribution < -0.4 is 10.6 Å². The maximum absolute atomic E-state index is 11.8. The molecule has 0 saturated heterocycles. The topological polar surface area (TPSA) is 232 Å². The summed E-state index contributed by atoms with van der Waals surface area (Å²) in [5, 5.41) is 5.56. The monoisotopic (exact) mass is 1700 g/mol. The second-order valence-electron chi connectivity index (χ2n) is 44.0. The molecule has 1 fully saturated rings. The molecule has 1 saturated carbocycles. The zero-order valence-corrected chi connectivity index (χ0v) is 85.9. The second-order valence-corrected chi connectivity index (χ2v) is 44.0. The predicted molar refractivity (Wildman–Crippen MR) is 514 cm³/mol. The van der Waals surface area contributed by atoms with Crippen molar-refractivity contribution in [3.05, 3.63) is 110 Å². The number of carbonyl (C=O) groups excluding carboxylic acids is 10. The van der Waals surface area contributed by atoms with Crippen LogP contribution >= 0.6 is 0 Å². The average Bonchev–Trinajstić information content (AvgIpc) is 0.966. The number of nitrogens with one attached hydrogen (secondary N) is 2. The highest BCUT2D eigenvalue weighted by atomic mass is 16.6. The summed E-state index contributed by atoms with van der Waals surface area (Å²) in [6.45, 7) is 85.0. The quantitative estimate of drug-likeness (QED) is 0.0466. The minimum atomic E-state index is -0.466. The van der Waals surface area contributed by atoms with E-state index in [9.17, 15) is 47.9 Å². The second kappa shape index (κ2) is 60.8. The molecule has 0 spiro atoms. The Bertz CT molecular complexity index is 3260. The summed E-state index contributed by atoms with van der Waals surface area (Å²) in [5.41, 5.74) is 0.972. The lowest BCUT2D eigenvalue weighted by Gasteiger charge is -2.37. The van der Waals surface area contributed by atoms with E-state index in [1.165, 1.54) is 56.1 Å². The van der Waals surface area contributed by atoms with Gasteiger partial charge in [0.15, 0.2) is 23.1 Å². The lowest BCUT2D eigenvalue weighted by atomic mass is 9.79. The maximum atomic E-state index is 11.8. The van der Waals surface area contributed by atoms with Gasteiger partial charge in [0.05, 0.1) is 0 Å². The van der Waals surface area contributed by atoms with Gasteiger partial charge in [-0.1, -0.05) is 222 Å². The van der Waals surface area contributed by atoms with Gasteiger partial charge >= 0.3 is 17.9 Å². The highest BCUT2D eigenvalue weighted by Crippen LogP contribution is 2.36. The van der Waals surface area contributed by atoms with Crippen molar-refractivity contribution in [3.63, 3.8) is 0 Å². The third kappa shape index (κ3) is 78.9. The van der Waals surface area contributed by atoms with Crippen molar-refractivity contribution in [1.82, 2.24) is 25.3 Å². The van der Waals surface area contributed by atoms with Gasteiger partial charge in [-0.2, -0.15) is 0 Å². The van der Waals surface area contributed by atoms with E-state index < -0.39 is 16.8 Å². The molecule has 0 aliphatic heterocycles. The number of ether oxygens (including phenoxy) is 3. The van der Waals surface area contributed by atoms with Crippen molar-refractivity contribution in [3.8, 4) is 0 Å². The molecular formula is C103H187N5O13. The first-order valence-corrected chi connectivity index (χ1v) is 44.0. The van der Waals surface area contributed by atoms with E-state index in [4.69, 9.17) is 14.2 Å². The standard InChI is InChI=1S/C13H25NO2.C13H22O.C12H20O.C11H20O2.C11H20O.C10H20N2O.C10H19NO.C10H18O2.C7H13NO.C6H10O/c1-12(2,3)13(4,5)16-11(15)9-8-10-14(6)7;1-13(2,3)10-9-12(14)11-7-5-4-6-8-11;1-12(2,3)9-8-11(13)10-6-4-5-7-10;1-7-8-9(12)13-11(5,6)10(2,3)4;1-11(2,3)8-7-10(12)9-5-4-6-9;1-10(2,3)11-9(13)7-6-8-12(4)5;1-10(2,3)9(12)7-6-8-11(4)5;1-7-8(11)12-10(5,6)9(2,3)4;1-5-6(9)8-7(2,3)4;1-4-6(7)5(2)3/h8-9H,10H2,1-7H3;7H,4-6,8-10H2,1-3H3;6H,4-5,7-9H2,1-3H3;7-8H,1-6H3;9H,4-8H2,1-3H3;6-7H,8H2,1-5H3,(H,11,13);6-7H,8H2,1-5H3;7H,1H2,2-6H3;5H,1H2,2-4H3,(H,8,9);4-5H,1H2,2-3H3/b9-8+;;;8-7+;;2*7-6+;;;. The number of Topliss-reactive ketones (excluding diaryl/α,β-unsaturated/α-hetero) is 3. The SMILES string of the molecule is C/C=C/C(=O)OC(C)(C)C(C)(C)C.C=CC(=O)C(C)C.C=CC(=O)NC(C)(C)C.C=CC(=O)OC(C)(C)C(C)(C)C.CC(C)(C)CCC(=O)C1=CCCC1.CC(C)(C)CCC(=O)C1=CCCCC1.CC(C)(C)CCC(=O)C1CCC1.CN(C)C/C=C/C(=O)C(C)(C)C.CN(C)C/C=C/C(=O)NC(C)(C)C.CN(C)C/C=C/C(=O)OC(C)(C)C(C)(C)C. The summed E-state index contributed by atoms with van der Waals surface area (Å²) < 4.78 is 16.0. The molecule has 0 bridgehead atoms. The summed E-state index contributed by atoms with van der Waals surface area (Å²) in [5.74, 6) is 1.05. The fourth-order valence-corrected chi connectivity index (χ4v) is 8.62. The van der Waals surface area contributed by atoms with Crippen LogP contribution in [-0.2, 0) is 62.2 Å². The zero-order chi connectivity index (χ0) is 97.0. The lowest BCUT2D eigenvalue weighted by Crippen LogP contribution is -2.40. The molecule has 2 amide bonds. The van der Waals surface area contributed by atoms with E-state index in [2.05, 4.69) is 146 Å². The number of amides is 2. The fourth-order valence-electron chi connectivity index (χ4n) is 8.62. The van der Waals surface area contributed by atoms with Crippen LogP contribution in [0.2, 0.25) is 0 Å². The van der Waals surface area contributed by atoms with Gasteiger partial charge in [-0.15, -0.1) is 0 Å². The number of hydrogen-bond donors (Lipinski definition) is 2. The van der Waals surface area contributed by atoms with Crippen LogP contribution in [-0.4, -0.2) is 163 Å². The minimum Gasteiger partial charge on any atom is -0.456 e. The average molecular weight is 1700 g/mol. The van der Waals surface area contributed by atoms with Crippen LogP contribution in [0.15, 0.2) is 110 Å². The Kier molecular flexibility index (Phi) is 64.0. The molecule has 3 rings (SSSR count). The van der Waals surface area contributed by atoms with E-state index in [1.807, 2.05) is 208 Å². The number of allylic oxidation sites excluding steroid dienone is 7. The highest BCUT2D eigenvalue weighted by molar-refractivity contribution is 5.96. The number of likely N-dealkylation sites (N-methyl/N-ethyl adjacent to an activating group) is 3. The van der Waals surface area contributed by atoms with Gasteiger partial charge in [-0.3, -0.25) is 33.6 Å². The molecule has 0 aromatic carbocycles. The third-order valence-electron chi connectivity index (χ3n) is 19.8. The number of rotatable bonds is 26. The van der Waals surface area contributed by atoms with Crippen molar-refractivity contribution in [1.29, 1.82) is 0 Å². The predicted octanol–water partition coefficient (Wildman–Crippen LogP) is 23.7. The normalized spacial score (nSPS) is 14.2. The van der Waals surface area contributed by atoms with Crippen molar-refractivity contribution < 1.29 is 62.2 Å². The van der Waals surface area contributed by atoms with Crippen LogP contribution in [0.25, 0.3) is 0 Å². The Hall–Kier alpha value is -6.76. The smallest absolute Gasteiger partial charge is 0.331 e. The van der Waals surface area contributed by atoms with E-state index in [1.54, 1.807) is 31.2 Å². The van der Waals surface area contributed by atoms with Gasteiger partial charge in [-0.05, 0) is 255 Å². The van der Waals surface area contributed by atoms with Gasteiger partial charge in [0.1, 0.15) is 22.6 Å². The number of ketones is 5. The largest absolute Gasteiger partial charge is 0.456 e. The minimum absolute atomic E-state index is 0.0330. The molecule has 0 aromatic rings. The van der Waals surface area contributed by atoms with Gasteiger partial charge in [0, 0.05) is 108 Å². The number of nitrogens with zero attached hydrogens (tertiary/aromatic N) is 3. The van der Waals surface area contributed by atoms with Crippen molar-refractivity contribution >= 4 is 58.6 Å². The molecule has 121 heavy (non-hydrogen) atoms. The highest BCUT2D eigenvalue weighted by Gasteiger charge is 2.38. The molecule has 0 atom stereocenters. The number of esters is 3. The van der Waals surface area contributed by atoms with Crippen molar-refractivity contribution in [2.24, 2.45) is 49.7 Å². The van der Waals surface area contributed by atoms with E-state index in [-0.39, 0.29) is 90.8 Å². The molecule has 0 aromatic heterocycles. The summed E-state index contributed by atoms with van der Waals surface area (Å²) in [7, 11) is 11.8. The van der Waals surface area contributed by atoms with Crippen LogP contribution in [0.4, 0.5) is 0 Å². The zero-order valence-electron chi connectivity index (χ0n) is 85.9. The summed E-state index contributed by atoms with van der Waals surface area (Å²) in [6.07, 6.45) is 38.3. The van der Waals surface area contributed by atoms with Crippen molar-refractivity contribution in [2.75, 3.05) is 61.9 Å². The third-order valence-corrected chi connectivity index (χ3v) is 19.8. The van der Waals surface area contributed by atoms with E-state index in [0.717, 1.165) is 108 Å². The molecule has 3 aliphatic rings. The Morgan fingerprint density at radius 2 is 0.744 bits per heavy atom. The Morgan fingerprint density at radius 1 is 0.413 bits per heavy atom. The van der Waals surface area contributed by atoms with Gasteiger partial charge in [-0.25, -0.2) is 14.4 Å². The van der Waals surface area contributed by atoms with Crippen molar-refractivity contribution in [2.45, 2.75) is 380 Å². The molecule has 2 N–H and O–H groups in total. The first-order valence-electron chi connectivity index (χ1n) is 44.0. The van der Waals surface area contributed by atoms with Gasteiger partial charge in [0.25, 0.3) is 0 Å². The summed E-state index contributed by atoms with van der Waals surface area (Å²) in [6, 6.07) is 0. The summed E-state index contributed by atoms with van der Waals surface area (Å²) in [4.78, 5) is 118. The van der Waals surface area contributed by atoms with E-state index in [0.29, 0.717) is 28.7 Å². The fraction of sp³-hybridized carbons (Fsp3) is 0.728. The van der Waals surface area contributed by atoms with Crippen LogP contribution in [0.1, 0.15) is 352 Å². The Labute approximate surface area is 743 Å². The maximum Gasteiger partial charge on any atom is 0.331 e. The molecule has 0 radical (unpaired) electrons. The number of carbonyl (C=O) groups is 10. The molecule has 0 unspecified atom stereocenters. The molecular weight excluding hydrogens is 1520 g/mol. The first kappa shape index (κ1) is 127. The first-order chi connectivity index (χ1) is 54.2. The lowest BCUT2D eigenvalue weighted by molar-refractivity contribution is -0.161.